The Morgan fingerprint density at radius 3 is 2.76 bits per heavy atom. The van der Waals surface area contributed by atoms with Gasteiger partial charge in [0.1, 0.15) is 18.1 Å². The molecule has 0 aliphatic carbocycles. The molecule has 0 saturated carbocycles. The molecule has 0 radical (unpaired) electrons. The number of carbonyl (C=O) groups excluding carboxylic acids is 1. The molecular formula is C13H16BrNO2. The topological polar surface area (TPSA) is 29.5 Å². The van der Waals surface area contributed by atoms with Crippen LogP contribution in [0.4, 0.5) is 0 Å². The number of ketones is 1. The zero-order valence-electron chi connectivity index (χ0n) is 9.69. The van der Waals surface area contributed by atoms with Gasteiger partial charge in [-0.3, -0.25) is 9.69 Å². The van der Waals surface area contributed by atoms with Gasteiger partial charge in [0.2, 0.25) is 0 Å². The lowest BCUT2D eigenvalue weighted by atomic mass is 10.1. The maximum Gasteiger partial charge on any atom is 0.135 e. The van der Waals surface area contributed by atoms with Crippen molar-refractivity contribution in [1.29, 1.82) is 0 Å². The van der Waals surface area contributed by atoms with E-state index in [4.69, 9.17) is 4.74 Å². The van der Waals surface area contributed by atoms with Gasteiger partial charge in [0.05, 0.1) is 0 Å². The van der Waals surface area contributed by atoms with E-state index in [-0.39, 0.29) is 0 Å². The predicted molar refractivity (Wildman–Crippen MR) is 70.3 cm³/mol. The third kappa shape index (κ3) is 4.13. The third-order valence-electron chi connectivity index (χ3n) is 2.89. The Bertz CT molecular complexity index is 385. The first kappa shape index (κ1) is 12.6. The summed E-state index contributed by atoms with van der Waals surface area (Å²) in [5.41, 5.74) is 0. The van der Waals surface area contributed by atoms with Crippen LogP contribution in [-0.2, 0) is 4.79 Å². The first-order chi connectivity index (χ1) is 8.24. The van der Waals surface area contributed by atoms with Gasteiger partial charge in [0.15, 0.2) is 0 Å². The molecule has 0 amide bonds. The molecule has 0 bridgehead atoms. The molecule has 1 heterocycles. The molecule has 0 N–H and O–H groups in total. The van der Waals surface area contributed by atoms with Crippen LogP contribution in [0.5, 0.6) is 5.75 Å². The van der Waals surface area contributed by atoms with Crippen LogP contribution in [-0.4, -0.2) is 36.9 Å². The Morgan fingerprint density at radius 2 is 2.06 bits per heavy atom. The van der Waals surface area contributed by atoms with E-state index in [0.29, 0.717) is 25.2 Å². The van der Waals surface area contributed by atoms with Crippen molar-refractivity contribution in [3.05, 3.63) is 28.7 Å². The second-order valence-corrected chi connectivity index (χ2v) is 5.10. The van der Waals surface area contributed by atoms with Gasteiger partial charge in [-0.25, -0.2) is 0 Å². The lowest BCUT2D eigenvalue weighted by molar-refractivity contribution is -0.121. The molecule has 1 aliphatic heterocycles. The highest BCUT2D eigenvalue weighted by Crippen LogP contribution is 2.17. The molecule has 1 aliphatic rings. The van der Waals surface area contributed by atoms with Gasteiger partial charge < -0.3 is 4.74 Å². The third-order valence-corrected chi connectivity index (χ3v) is 3.38. The minimum Gasteiger partial charge on any atom is -0.492 e. The smallest absolute Gasteiger partial charge is 0.135 e. The first-order valence-electron chi connectivity index (χ1n) is 5.86. The maximum absolute atomic E-state index is 11.1. The number of rotatable bonds is 4. The number of carbonyl (C=O) groups is 1. The number of likely N-dealkylation sites (tertiary alicyclic amines) is 1. The van der Waals surface area contributed by atoms with Crippen molar-refractivity contribution in [2.24, 2.45) is 0 Å². The van der Waals surface area contributed by atoms with Crippen LogP contribution in [0.2, 0.25) is 0 Å². The summed E-state index contributed by atoms with van der Waals surface area (Å²) in [4.78, 5) is 13.4. The minimum atomic E-state index is 0.383. The Kier molecular flexibility index (Phi) is 4.57. The molecule has 0 spiro atoms. The average molecular weight is 298 g/mol. The summed E-state index contributed by atoms with van der Waals surface area (Å²) in [6.07, 6.45) is 1.38. The number of halogens is 1. The van der Waals surface area contributed by atoms with E-state index in [0.717, 1.165) is 29.9 Å². The standard InChI is InChI=1S/C13H16BrNO2/c14-11-2-1-3-13(10-11)17-9-8-15-6-4-12(16)5-7-15/h1-3,10H,4-9H2. The van der Waals surface area contributed by atoms with Gasteiger partial charge in [0, 0.05) is 36.9 Å². The van der Waals surface area contributed by atoms with Crippen LogP contribution < -0.4 is 4.74 Å². The number of benzene rings is 1. The fourth-order valence-corrected chi connectivity index (χ4v) is 2.25. The van der Waals surface area contributed by atoms with Crippen LogP contribution in [0.15, 0.2) is 28.7 Å². The lowest BCUT2D eigenvalue weighted by Crippen LogP contribution is -2.36. The molecule has 0 unspecified atom stereocenters. The van der Waals surface area contributed by atoms with Crippen LogP contribution in [0.3, 0.4) is 0 Å². The SMILES string of the molecule is O=C1CCN(CCOc2cccc(Br)c2)CC1. The molecule has 0 aromatic heterocycles. The zero-order valence-corrected chi connectivity index (χ0v) is 11.3. The van der Waals surface area contributed by atoms with Crippen molar-refractivity contribution in [3.63, 3.8) is 0 Å². The highest BCUT2D eigenvalue weighted by Gasteiger charge is 2.15. The van der Waals surface area contributed by atoms with Crippen LogP contribution in [0, 0.1) is 0 Å². The normalized spacial score (nSPS) is 17.1. The van der Waals surface area contributed by atoms with Crippen molar-refractivity contribution in [2.75, 3.05) is 26.2 Å². The van der Waals surface area contributed by atoms with E-state index >= 15 is 0 Å². The molecule has 1 fully saturated rings. The highest BCUT2D eigenvalue weighted by molar-refractivity contribution is 9.10. The van der Waals surface area contributed by atoms with Crippen molar-refractivity contribution < 1.29 is 9.53 Å². The van der Waals surface area contributed by atoms with Crippen LogP contribution in [0.25, 0.3) is 0 Å². The van der Waals surface area contributed by atoms with Crippen molar-refractivity contribution in [1.82, 2.24) is 4.90 Å². The Hall–Kier alpha value is -0.870. The molecule has 4 heteroatoms. The molecule has 1 aromatic carbocycles. The monoisotopic (exact) mass is 297 g/mol. The summed E-state index contributed by atoms with van der Waals surface area (Å²) in [5, 5.41) is 0. The van der Waals surface area contributed by atoms with Crippen molar-refractivity contribution in [2.45, 2.75) is 12.8 Å². The van der Waals surface area contributed by atoms with E-state index in [1.54, 1.807) is 0 Å². The van der Waals surface area contributed by atoms with Crippen LogP contribution in [0.1, 0.15) is 12.8 Å². The summed E-state index contributed by atoms with van der Waals surface area (Å²) < 4.78 is 6.69. The van der Waals surface area contributed by atoms with E-state index in [2.05, 4.69) is 20.8 Å². The summed E-state index contributed by atoms with van der Waals surface area (Å²) in [7, 11) is 0. The molecule has 2 rings (SSSR count). The summed E-state index contributed by atoms with van der Waals surface area (Å²) in [6, 6.07) is 7.84. The fourth-order valence-electron chi connectivity index (χ4n) is 1.88. The summed E-state index contributed by atoms with van der Waals surface area (Å²) >= 11 is 3.41. The second-order valence-electron chi connectivity index (χ2n) is 4.19. The fraction of sp³-hybridized carbons (Fsp3) is 0.462. The van der Waals surface area contributed by atoms with Crippen LogP contribution >= 0.6 is 15.9 Å². The molecule has 17 heavy (non-hydrogen) atoms. The molecule has 0 atom stereocenters. The minimum absolute atomic E-state index is 0.383. The van der Waals surface area contributed by atoms with Gasteiger partial charge >= 0.3 is 0 Å². The highest BCUT2D eigenvalue weighted by atomic mass is 79.9. The van der Waals surface area contributed by atoms with Crippen molar-refractivity contribution in [3.8, 4) is 5.75 Å². The average Bonchev–Trinajstić information content (AvgIpc) is 2.32. The molecule has 1 aromatic rings. The molecular weight excluding hydrogens is 282 g/mol. The zero-order chi connectivity index (χ0) is 12.1. The number of ether oxygens (including phenoxy) is 1. The lowest BCUT2D eigenvalue weighted by Gasteiger charge is -2.25. The number of hydrogen-bond donors (Lipinski definition) is 0. The van der Waals surface area contributed by atoms with Gasteiger partial charge in [-0.15, -0.1) is 0 Å². The molecule has 1 saturated heterocycles. The van der Waals surface area contributed by atoms with Gasteiger partial charge in [-0.1, -0.05) is 22.0 Å². The number of nitrogens with zero attached hydrogens (tertiary/aromatic N) is 1. The van der Waals surface area contributed by atoms with Gasteiger partial charge in [-0.05, 0) is 18.2 Å². The number of hydrogen-bond acceptors (Lipinski definition) is 3. The second kappa shape index (κ2) is 6.17. The number of Topliss-reactive ketones (excluding diaryl/α,β-unsaturated/α-hetero) is 1. The van der Waals surface area contributed by atoms with E-state index in [9.17, 15) is 4.79 Å². The Morgan fingerprint density at radius 1 is 1.29 bits per heavy atom. The molecule has 92 valence electrons. The number of piperidine rings is 1. The summed E-state index contributed by atoms with van der Waals surface area (Å²) in [6.45, 7) is 3.31. The Balaban J connectivity index is 1.71. The Labute approximate surface area is 110 Å². The predicted octanol–water partition coefficient (Wildman–Crippen LogP) is 2.49. The largest absolute Gasteiger partial charge is 0.492 e. The first-order valence-corrected chi connectivity index (χ1v) is 6.66. The molecule has 3 nitrogen and oxygen atoms in total. The van der Waals surface area contributed by atoms with E-state index in [1.165, 1.54) is 0 Å². The van der Waals surface area contributed by atoms with Crippen molar-refractivity contribution >= 4 is 21.7 Å². The quantitative estimate of drug-likeness (QED) is 0.855. The maximum atomic E-state index is 11.1. The summed E-state index contributed by atoms with van der Waals surface area (Å²) in [5.74, 6) is 1.27. The van der Waals surface area contributed by atoms with Gasteiger partial charge in [0.25, 0.3) is 0 Å². The van der Waals surface area contributed by atoms with Gasteiger partial charge in [-0.2, -0.15) is 0 Å². The van der Waals surface area contributed by atoms with E-state index in [1.807, 2.05) is 24.3 Å². The van der Waals surface area contributed by atoms with E-state index < -0.39 is 0 Å².